The summed E-state index contributed by atoms with van der Waals surface area (Å²) in [5.74, 6) is 1.21. The number of piperazine rings is 1. The molecule has 1 aromatic carbocycles. The average Bonchev–Trinajstić information content (AvgIpc) is 3.38. The van der Waals surface area contributed by atoms with E-state index in [0.717, 1.165) is 35.6 Å². The Morgan fingerprint density at radius 2 is 2.00 bits per heavy atom. The zero-order valence-electron chi connectivity index (χ0n) is 18.9. The van der Waals surface area contributed by atoms with E-state index in [9.17, 15) is 4.79 Å². The Kier molecular flexibility index (Phi) is 4.76. The van der Waals surface area contributed by atoms with E-state index >= 15 is 0 Å². The van der Waals surface area contributed by atoms with Crippen LogP contribution in [0.25, 0.3) is 11.3 Å². The summed E-state index contributed by atoms with van der Waals surface area (Å²) in [6.45, 7) is 4.43. The number of carbonyl (C=O) groups is 1. The molecule has 1 amide bonds. The number of likely N-dealkylation sites (tertiary alicyclic amines) is 1. The minimum atomic E-state index is 0.0159. The van der Waals surface area contributed by atoms with Crippen LogP contribution in [0.3, 0.4) is 0 Å². The summed E-state index contributed by atoms with van der Waals surface area (Å²) in [4.78, 5) is 30.2. The molecule has 168 valence electrons. The number of hydrogen-bond acceptors (Lipinski definition) is 7. The van der Waals surface area contributed by atoms with Gasteiger partial charge in [-0.15, -0.1) is 0 Å². The van der Waals surface area contributed by atoms with Crippen LogP contribution < -0.4 is 15.5 Å². The number of pyridine rings is 1. The topological polar surface area (TPSA) is 86.3 Å². The van der Waals surface area contributed by atoms with E-state index in [-0.39, 0.29) is 5.91 Å². The SMILES string of the molecule is Cc1cc(Nc2nccc(-c3cnc4c(c3)CCC(=O)N4)n2)ccc1N1C[C@@H]2C[C@H]1CN2C. The molecule has 8 heteroatoms. The van der Waals surface area contributed by atoms with Gasteiger partial charge in [-0.1, -0.05) is 0 Å². The van der Waals surface area contributed by atoms with E-state index in [4.69, 9.17) is 4.98 Å². The molecule has 5 heterocycles. The Hall–Kier alpha value is -3.52. The summed E-state index contributed by atoms with van der Waals surface area (Å²) in [7, 11) is 2.23. The maximum absolute atomic E-state index is 11.6. The molecular formula is C25H27N7O. The molecule has 0 spiro atoms. The monoisotopic (exact) mass is 441 g/mol. The Balaban J connectivity index is 1.21. The molecule has 2 saturated heterocycles. The number of aromatic nitrogens is 3. The number of fused-ring (bicyclic) bond motifs is 3. The van der Waals surface area contributed by atoms with Crippen molar-refractivity contribution in [1.82, 2.24) is 19.9 Å². The maximum Gasteiger partial charge on any atom is 0.227 e. The quantitative estimate of drug-likeness (QED) is 0.642. The molecule has 0 unspecified atom stereocenters. The van der Waals surface area contributed by atoms with Crippen LogP contribution in [-0.4, -0.2) is 58.0 Å². The fourth-order valence-corrected chi connectivity index (χ4v) is 5.32. The minimum Gasteiger partial charge on any atom is -0.365 e. The summed E-state index contributed by atoms with van der Waals surface area (Å²) >= 11 is 0. The Morgan fingerprint density at radius 1 is 1.09 bits per heavy atom. The molecule has 0 saturated carbocycles. The minimum absolute atomic E-state index is 0.0159. The predicted molar refractivity (Wildman–Crippen MR) is 129 cm³/mol. The molecule has 33 heavy (non-hydrogen) atoms. The first-order valence-corrected chi connectivity index (χ1v) is 11.5. The molecule has 0 radical (unpaired) electrons. The Bertz CT molecular complexity index is 1240. The molecular weight excluding hydrogens is 414 g/mol. The molecule has 2 atom stereocenters. The first kappa shape index (κ1) is 20.1. The van der Waals surface area contributed by atoms with Crippen molar-refractivity contribution >= 4 is 29.0 Å². The summed E-state index contributed by atoms with van der Waals surface area (Å²) < 4.78 is 0. The van der Waals surface area contributed by atoms with E-state index in [1.54, 1.807) is 12.4 Å². The number of benzene rings is 1. The van der Waals surface area contributed by atoms with Crippen LogP contribution in [0.1, 0.15) is 24.0 Å². The van der Waals surface area contributed by atoms with Crippen LogP contribution in [-0.2, 0) is 11.2 Å². The van der Waals surface area contributed by atoms with E-state index in [1.807, 2.05) is 12.1 Å². The van der Waals surface area contributed by atoms with Gasteiger partial charge in [-0.3, -0.25) is 9.69 Å². The number of likely N-dealkylation sites (N-methyl/N-ethyl adjacent to an activating group) is 1. The summed E-state index contributed by atoms with van der Waals surface area (Å²) in [6.07, 6.45) is 5.94. The summed E-state index contributed by atoms with van der Waals surface area (Å²) in [5.41, 5.74) is 6.30. The number of rotatable bonds is 4. The number of nitrogens with one attached hydrogen (secondary N) is 2. The van der Waals surface area contributed by atoms with Crippen LogP contribution >= 0.6 is 0 Å². The summed E-state index contributed by atoms with van der Waals surface area (Å²) in [6, 6.07) is 11.7. The molecule has 3 aliphatic heterocycles. The predicted octanol–water partition coefficient (Wildman–Crippen LogP) is 3.37. The van der Waals surface area contributed by atoms with E-state index in [0.29, 0.717) is 36.7 Å². The number of carbonyl (C=O) groups excluding carboxylic acids is 1. The highest BCUT2D eigenvalue weighted by molar-refractivity contribution is 5.93. The fourth-order valence-electron chi connectivity index (χ4n) is 5.32. The smallest absolute Gasteiger partial charge is 0.227 e. The molecule has 2 bridgehead atoms. The maximum atomic E-state index is 11.6. The highest BCUT2D eigenvalue weighted by atomic mass is 16.1. The zero-order valence-corrected chi connectivity index (χ0v) is 18.9. The number of hydrogen-bond donors (Lipinski definition) is 2. The largest absolute Gasteiger partial charge is 0.365 e. The van der Waals surface area contributed by atoms with Crippen molar-refractivity contribution in [1.29, 1.82) is 0 Å². The van der Waals surface area contributed by atoms with Crippen LogP contribution in [0.2, 0.25) is 0 Å². The standard InChI is InChI=1S/C25H27N7O/c1-15-9-18(4-5-22(15)32-14-19-11-20(32)13-31(19)2)28-25-26-8-7-21(29-25)17-10-16-3-6-23(33)30-24(16)27-12-17/h4-5,7-10,12,19-20H,3,6,11,13-14H2,1-2H3,(H,26,28,29)(H,27,30,33)/t19-,20-/m0/s1. The molecule has 2 fully saturated rings. The Morgan fingerprint density at radius 3 is 2.79 bits per heavy atom. The molecule has 2 N–H and O–H groups in total. The lowest BCUT2D eigenvalue weighted by Crippen LogP contribution is -2.44. The summed E-state index contributed by atoms with van der Waals surface area (Å²) in [5, 5.41) is 6.18. The molecule has 8 nitrogen and oxygen atoms in total. The second-order valence-electron chi connectivity index (χ2n) is 9.31. The van der Waals surface area contributed by atoms with Gasteiger partial charge in [-0.2, -0.15) is 0 Å². The lowest BCUT2D eigenvalue weighted by Gasteiger charge is -2.34. The van der Waals surface area contributed by atoms with Crippen molar-refractivity contribution in [3.63, 3.8) is 0 Å². The lowest BCUT2D eigenvalue weighted by atomic mass is 10.0. The zero-order chi connectivity index (χ0) is 22.5. The van der Waals surface area contributed by atoms with Crippen molar-refractivity contribution in [2.45, 2.75) is 38.3 Å². The van der Waals surface area contributed by atoms with Crippen LogP contribution in [0, 0.1) is 6.92 Å². The van der Waals surface area contributed by atoms with Crippen LogP contribution in [0.4, 0.5) is 23.1 Å². The first-order valence-electron chi connectivity index (χ1n) is 11.5. The normalized spacial score (nSPS) is 21.8. The van der Waals surface area contributed by atoms with Gasteiger partial charge in [-0.05, 0) is 68.3 Å². The lowest BCUT2D eigenvalue weighted by molar-refractivity contribution is -0.116. The van der Waals surface area contributed by atoms with Gasteiger partial charge in [0, 0.05) is 60.9 Å². The highest BCUT2D eigenvalue weighted by Gasteiger charge is 2.41. The van der Waals surface area contributed by atoms with E-state index in [2.05, 4.69) is 62.6 Å². The van der Waals surface area contributed by atoms with Gasteiger partial charge < -0.3 is 15.5 Å². The number of amides is 1. The number of nitrogens with zero attached hydrogens (tertiary/aromatic N) is 5. The first-order chi connectivity index (χ1) is 16.0. The van der Waals surface area contributed by atoms with Crippen molar-refractivity contribution in [3.8, 4) is 11.3 Å². The van der Waals surface area contributed by atoms with Crippen LogP contribution in [0.15, 0.2) is 42.7 Å². The van der Waals surface area contributed by atoms with Crippen molar-refractivity contribution in [2.24, 2.45) is 0 Å². The molecule has 6 rings (SSSR count). The third-order valence-corrected chi connectivity index (χ3v) is 7.07. The second kappa shape index (κ2) is 7.81. The Labute approximate surface area is 193 Å². The van der Waals surface area contributed by atoms with Crippen LogP contribution in [0.5, 0.6) is 0 Å². The van der Waals surface area contributed by atoms with Crippen molar-refractivity contribution in [3.05, 3.63) is 53.9 Å². The van der Waals surface area contributed by atoms with Gasteiger partial charge in [0.05, 0.1) is 5.69 Å². The van der Waals surface area contributed by atoms with E-state index in [1.165, 1.54) is 17.7 Å². The number of anilines is 4. The average molecular weight is 442 g/mol. The fraction of sp³-hybridized carbons (Fsp3) is 0.360. The molecule has 3 aliphatic rings. The van der Waals surface area contributed by atoms with Crippen molar-refractivity contribution < 1.29 is 4.79 Å². The van der Waals surface area contributed by atoms with Gasteiger partial charge >= 0.3 is 0 Å². The highest BCUT2D eigenvalue weighted by Crippen LogP contribution is 2.36. The van der Waals surface area contributed by atoms with Gasteiger partial charge in [0.1, 0.15) is 5.82 Å². The molecule has 2 aromatic heterocycles. The third kappa shape index (κ3) is 3.70. The van der Waals surface area contributed by atoms with Gasteiger partial charge in [0.15, 0.2) is 0 Å². The van der Waals surface area contributed by atoms with Crippen molar-refractivity contribution in [2.75, 3.05) is 35.7 Å². The van der Waals surface area contributed by atoms with Gasteiger partial charge in [-0.25, -0.2) is 15.0 Å². The third-order valence-electron chi connectivity index (χ3n) is 7.07. The van der Waals surface area contributed by atoms with Gasteiger partial charge in [0.2, 0.25) is 11.9 Å². The molecule has 0 aliphatic carbocycles. The molecule has 3 aromatic rings. The number of aryl methyl sites for hydroxylation is 2. The van der Waals surface area contributed by atoms with E-state index < -0.39 is 0 Å². The second-order valence-corrected chi connectivity index (χ2v) is 9.31. The van der Waals surface area contributed by atoms with Gasteiger partial charge in [0.25, 0.3) is 0 Å².